The molecule has 38 heavy (non-hydrogen) atoms. The molecule has 204 valence electrons. The molecule has 13 heteroatoms. The Morgan fingerprint density at radius 2 is 1.63 bits per heavy atom. The Morgan fingerprint density at radius 3 is 2.16 bits per heavy atom. The van der Waals surface area contributed by atoms with Crippen molar-refractivity contribution in [1.82, 2.24) is 14.3 Å². The van der Waals surface area contributed by atoms with Crippen LogP contribution in [0.5, 0.6) is 0 Å². The van der Waals surface area contributed by atoms with Crippen LogP contribution in [0.2, 0.25) is 0 Å². The highest BCUT2D eigenvalue weighted by atomic mass is 32.2. The fourth-order valence-electron chi connectivity index (χ4n) is 4.68. The largest absolute Gasteiger partial charge is 0.417 e. The average Bonchev–Trinajstić information content (AvgIpc) is 3.16. The number of pyridine rings is 1. The summed E-state index contributed by atoms with van der Waals surface area (Å²) in [6.45, 7) is 1.39. The van der Waals surface area contributed by atoms with Crippen molar-refractivity contribution in [2.45, 2.75) is 74.8 Å². The van der Waals surface area contributed by atoms with Crippen molar-refractivity contribution in [2.75, 3.05) is 0 Å². The van der Waals surface area contributed by atoms with Gasteiger partial charge >= 0.3 is 12.4 Å². The van der Waals surface area contributed by atoms with Gasteiger partial charge in [-0.05, 0) is 50.5 Å². The molecule has 0 atom stereocenters. The number of rotatable bonds is 5. The van der Waals surface area contributed by atoms with Crippen molar-refractivity contribution in [3.05, 3.63) is 47.7 Å². The Balaban J connectivity index is 1.86. The fourth-order valence-corrected chi connectivity index (χ4v) is 6.08. The molecule has 6 nitrogen and oxygen atoms in total. The molecular weight excluding hydrogens is 534 g/mol. The third-order valence-electron chi connectivity index (χ3n) is 6.76. The Hall–Kier alpha value is -3.11. The summed E-state index contributed by atoms with van der Waals surface area (Å²) in [5.41, 5.74) is -2.96. The highest BCUT2D eigenvalue weighted by molar-refractivity contribution is 7.89. The SMILES string of the molecule is CC(C)(NS(=O)(=O)c1ccc(-c2c(C#N)c3cc(C(F)(F)F)cnc3n2C2CCCCC2)cc1)C(F)(F)F. The van der Waals surface area contributed by atoms with Crippen molar-refractivity contribution in [3.8, 4) is 17.3 Å². The highest BCUT2D eigenvalue weighted by Gasteiger charge is 2.49. The van der Waals surface area contributed by atoms with Gasteiger partial charge in [0.15, 0.2) is 0 Å². The topological polar surface area (TPSA) is 87.8 Å². The van der Waals surface area contributed by atoms with E-state index < -0.39 is 38.4 Å². The van der Waals surface area contributed by atoms with Crippen LogP contribution in [-0.4, -0.2) is 29.7 Å². The molecule has 1 fully saturated rings. The van der Waals surface area contributed by atoms with Gasteiger partial charge in [0.25, 0.3) is 0 Å². The van der Waals surface area contributed by atoms with E-state index in [4.69, 9.17) is 0 Å². The van der Waals surface area contributed by atoms with Gasteiger partial charge in [-0.2, -0.15) is 36.3 Å². The first-order chi connectivity index (χ1) is 17.6. The quantitative estimate of drug-likeness (QED) is 0.352. The van der Waals surface area contributed by atoms with Crippen LogP contribution in [0.15, 0.2) is 41.4 Å². The summed E-state index contributed by atoms with van der Waals surface area (Å²) < 4.78 is 109. The molecule has 0 aliphatic heterocycles. The van der Waals surface area contributed by atoms with Crippen molar-refractivity contribution in [1.29, 1.82) is 5.26 Å². The predicted octanol–water partition coefficient (Wildman–Crippen LogP) is 6.72. The molecule has 0 bridgehead atoms. The maximum atomic E-state index is 13.4. The molecule has 1 saturated carbocycles. The number of alkyl halides is 6. The standard InChI is InChI=1S/C25H24F6N4O2S/c1-23(2,25(29,30)31)34-38(36,37)18-10-8-15(9-11-18)21-20(13-32)19-12-16(24(26,27)28)14-33-22(19)35(21)17-6-4-3-5-7-17/h8-12,14,17,34H,3-7H2,1-2H3. The zero-order valence-electron chi connectivity index (χ0n) is 20.4. The Bertz CT molecular complexity index is 1490. The Kier molecular flexibility index (Phi) is 7.03. The predicted molar refractivity (Wildman–Crippen MR) is 127 cm³/mol. The Labute approximate surface area is 215 Å². The minimum absolute atomic E-state index is 0.0215. The summed E-state index contributed by atoms with van der Waals surface area (Å²) in [4.78, 5) is 3.64. The van der Waals surface area contributed by atoms with Crippen LogP contribution in [0, 0.1) is 11.3 Å². The molecule has 2 aromatic heterocycles. The lowest BCUT2D eigenvalue weighted by molar-refractivity contribution is -0.180. The number of halogens is 6. The van der Waals surface area contributed by atoms with Crippen molar-refractivity contribution in [2.24, 2.45) is 0 Å². The third kappa shape index (κ3) is 5.11. The number of fused-ring (bicyclic) bond motifs is 1. The lowest BCUT2D eigenvalue weighted by atomic mass is 9.94. The van der Waals surface area contributed by atoms with Crippen LogP contribution >= 0.6 is 0 Å². The lowest BCUT2D eigenvalue weighted by Gasteiger charge is -2.28. The van der Waals surface area contributed by atoms with Crippen LogP contribution in [0.3, 0.4) is 0 Å². The minimum atomic E-state index is -4.84. The molecule has 0 amide bonds. The molecule has 0 unspecified atom stereocenters. The van der Waals surface area contributed by atoms with Crippen LogP contribution < -0.4 is 4.72 Å². The van der Waals surface area contributed by atoms with Crippen molar-refractivity contribution in [3.63, 3.8) is 0 Å². The van der Waals surface area contributed by atoms with Gasteiger partial charge in [-0.25, -0.2) is 13.4 Å². The van der Waals surface area contributed by atoms with Gasteiger partial charge in [-0.1, -0.05) is 31.4 Å². The van der Waals surface area contributed by atoms with Gasteiger partial charge in [0, 0.05) is 17.6 Å². The van der Waals surface area contributed by atoms with E-state index >= 15 is 0 Å². The van der Waals surface area contributed by atoms with Gasteiger partial charge in [0.05, 0.1) is 21.7 Å². The zero-order chi connectivity index (χ0) is 28.1. The number of nitrogens with one attached hydrogen (secondary N) is 1. The molecule has 1 aliphatic rings. The number of aromatic nitrogens is 2. The van der Waals surface area contributed by atoms with E-state index in [1.165, 1.54) is 12.1 Å². The van der Waals surface area contributed by atoms with E-state index in [-0.39, 0.29) is 28.3 Å². The Morgan fingerprint density at radius 1 is 1.03 bits per heavy atom. The first kappa shape index (κ1) is 27.9. The molecular formula is C25H24F6N4O2S. The van der Waals surface area contributed by atoms with E-state index in [0.29, 0.717) is 32.3 Å². The second-order valence-electron chi connectivity index (χ2n) is 9.84. The van der Waals surface area contributed by atoms with E-state index in [0.717, 1.165) is 43.7 Å². The van der Waals surface area contributed by atoms with Crippen LogP contribution in [0.4, 0.5) is 26.3 Å². The van der Waals surface area contributed by atoms with E-state index in [1.54, 1.807) is 9.29 Å². The first-order valence-corrected chi connectivity index (χ1v) is 13.3. The van der Waals surface area contributed by atoms with Gasteiger partial charge in [0.1, 0.15) is 17.3 Å². The molecule has 2 heterocycles. The van der Waals surface area contributed by atoms with Gasteiger partial charge in [0.2, 0.25) is 10.0 Å². The summed E-state index contributed by atoms with van der Waals surface area (Å²) in [7, 11) is -4.57. The monoisotopic (exact) mass is 558 g/mol. The van der Waals surface area contributed by atoms with Crippen molar-refractivity contribution < 1.29 is 34.8 Å². The average molecular weight is 559 g/mol. The molecule has 4 rings (SSSR count). The highest BCUT2D eigenvalue weighted by Crippen LogP contribution is 2.42. The van der Waals surface area contributed by atoms with Crippen LogP contribution in [-0.2, 0) is 16.2 Å². The normalized spacial score (nSPS) is 16.1. The second-order valence-corrected chi connectivity index (χ2v) is 11.5. The molecule has 1 aliphatic carbocycles. The van der Waals surface area contributed by atoms with E-state index in [9.17, 15) is 40.0 Å². The van der Waals surface area contributed by atoms with Crippen LogP contribution in [0.25, 0.3) is 22.3 Å². The smallest absolute Gasteiger partial charge is 0.321 e. The summed E-state index contributed by atoms with van der Waals surface area (Å²) in [5, 5.41) is 10.0. The maximum absolute atomic E-state index is 13.4. The number of hydrogen-bond acceptors (Lipinski definition) is 4. The molecule has 0 spiro atoms. The van der Waals surface area contributed by atoms with Crippen molar-refractivity contribution >= 4 is 21.1 Å². The van der Waals surface area contributed by atoms with Gasteiger partial charge in [-0.15, -0.1) is 0 Å². The maximum Gasteiger partial charge on any atom is 0.417 e. The first-order valence-electron chi connectivity index (χ1n) is 11.8. The summed E-state index contributed by atoms with van der Waals surface area (Å²) >= 11 is 0. The molecule has 3 aromatic rings. The van der Waals surface area contributed by atoms with E-state index in [1.807, 2.05) is 6.07 Å². The fraction of sp³-hybridized carbons (Fsp3) is 0.440. The number of nitrogens with zero attached hydrogens (tertiary/aromatic N) is 3. The van der Waals surface area contributed by atoms with Gasteiger partial charge < -0.3 is 4.57 Å². The molecule has 0 radical (unpaired) electrons. The zero-order valence-corrected chi connectivity index (χ0v) is 21.2. The number of sulfonamides is 1. The van der Waals surface area contributed by atoms with Gasteiger partial charge in [-0.3, -0.25) is 0 Å². The third-order valence-corrected chi connectivity index (χ3v) is 8.43. The van der Waals surface area contributed by atoms with E-state index in [2.05, 4.69) is 4.98 Å². The van der Waals surface area contributed by atoms with Crippen LogP contribution in [0.1, 0.15) is 63.1 Å². The number of benzene rings is 1. The lowest BCUT2D eigenvalue weighted by Crippen LogP contribution is -2.54. The summed E-state index contributed by atoms with van der Waals surface area (Å²) in [6, 6.07) is 7.57. The molecule has 0 saturated heterocycles. The minimum Gasteiger partial charge on any atom is -0.321 e. The summed E-state index contributed by atoms with van der Waals surface area (Å²) in [6.07, 6.45) is -4.61. The number of nitriles is 1. The second kappa shape index (κ2) is 9.57. The number of hydrogen-bond donors (Lipinski definition) is 1. The molecule has 1 aromatic carbocycles. The summed E-state index contributed by atoms with van der Waals surface area (Å²) in [5.74, 6) is 0. The molecule has 1 N–H and O–H groups in total.